The fraction of sp³-hybridized carbons (Fsp3) is 0.125. The number of nitrogens with one attached hydrogen (secondary N) is 1. The summed E-state index contributed by atoms with van der Waals surface area (Å²) < 4.78 is 14.3. The van der Waals surface area contributed by atoms with Gasteiger partial charge in [0.25, 0.3) is 5.91 Å². The zero-order valence-electron chi connectivity index (χ0n) is 11.8. The minimum Gasteiger partial charge on any atom is -0.507 e. The Morgan fingerprint density at radius 1 is 1.27 bits per heavy atom. The van der Waals surface area contributed by atoms with E-state index in [-0.39, 0.29) is 11.3 Å². The highest BCUT2D eigenvalue weighted by atomic mass is 79.9. The van der Waals surface area contributed by atoms with Crippen LogP contribution in [0.4, 0.5) is 4.39 Å². The molecule has 114 valence electrons. The summed E-state index contributed by atoms with van der Waals surface area (Å²) in [6, 6.07) is 10.6. The second-order valence-electron chi connectivity index (χ2n) is 4.49. The summed E-state index contributed by atoms with van der Waals surface area (Å²) in [5.41, 5.74) is 3.23. The lowest BCUT2D eigenvalue weighted by molar-refractivity contribution is 0.0950. The van der Waals surface area contributed by atoms with Crippen LogP contribution in [0.5, 0.6) is 5.75 Å². The molecule has 0 spiro atoms. The normalized spacial score (nSPS) is 11.3. The van der Waals surface area contributed by atoms with Crippen molar-refractivity contribution in [3.05, 3.63) is 63.9 Å². The van der Waals surface area contributed by atoms with Crippen molar-refractivity contribution < 1.29 is 14.3 Å². The molecule has 0 aliphatic heterocycles. The molecule has 0 aromatic heterocycles. The molecule has 0 aliphatic carbocycles. The minimum atomic E-state index is -0.640. The number of carbonyl (C=O) groups is 1. The zero-order valence-corrected chi connectivity index (χ0v) is 13.4. The Bertz CT molecular complexity index is 732. The van der Waals surface area contributed by atoms with Crippen molar-refractivity contribution in [2.45, 2.75) is 13.3 Å². The van der Waals surface area contributed by atoms with E-state index < -0.39 is 11.7 Å². The van der Waals surface area contributed by atoms with Crippen molar-refractivity contribution in [1.82, 2.24) is 5.43 Å². The third-order valence-electron chi connectivity index (χ3n) is 3.02. The molecule has 0 heterocycles. The molecular formula is C16H14BrFN2O2. The number of hydrogen-bond acceptors (Lipinski definition) is 3. The van der Waals surface area contributed by atoms with Crippen molar-refractivity contribution >= 4 is 27.5 Å². The molecule has 0 saturated heterocycles. The lowest BCUT2D eigenvalue weighted by atomic mass is 10.1. The number of halogens is 2. The maximum absolute atomic E-state index is 13.5. The summed E-state index contributed by atoms with van der Waals surface area (Å²) >= 11 is 3.32. The SMILES string of the molecule is CC/C(=N\NC(=O)c1ccccc1F)c1cc(Br)ccc1O. The number of aromatic hydroxyl groups is 1. The van der Waals surface area contributed by atoms with Gasteiger partial charge in [0.1, 0.15) is 11.6 Å². The van der Waals surface area contributed by atoms with Crippen molar-refractivity contribution in [1.29, 1.82) is 0 Å². The molecule has 6 heteroatoms. The number of nitrogens with zero attached hydrogens (tertiary/aromatic N) is 1. The average molecular weight is 365 g/mol. The van der Waals surface area contributed by atoms with Gasteiger partial charge >= 0.3 is 0 Å². The third kappa shape index (κ3) is 3.71. The number of amides is 1. The highest BCUT2D eigenvalue weighted by molar-refractivity contribution is 9.10. The molecule has 2 rings (SSSR count). The second-order valence-corrected chi connectivity index (χ2v) is 5.41. The highest BCUT2D eigenvalue weighted by Crippen LogP contribution is 2.23. The lowest BCUT2D eigenvalue weighted by Crippen LogP contribution is -2.21. The van der Waals surface area contributed by atoms with Gasteiger partial charge in [0.05, 0.1) is 11.3 Å². The Balaban J connectivity index is 2.25. The fourth-order valence-electron chi connectivity index (χ4n) is 1.89. The van der Waals surface area contributed by atoms with Gasteiger partial charge in [0.15, 0.2) is 0 Å². The summed E-state index contributed by atoms with van der Waals surface area (Å²) in [4.78, 5) is 11.9. The van der Waals surface area contributed by atoms with Crippen LogP contribution in [0.2, 0.25) is 0 Å². The van der Waals surface area contributed by atoms with E-state index in [1.807, 2.05) is 6.92 Å². The fourth-order valence-corrected chi connectivity index (χ4v) is 2.25. The molecule has 4 nitrogen and oxygen atoms in total. The Kier molecular flexibility index (Phi) is 5.27. The number of phenols is 1. The van der Waals surface area contributed by atoms with Crippen LogP contribution in [0.1, 0.15) is 29.3 Å². The van der Waals surface area contributed by atoms with Crippen LogP contribution in [0, 0.1) is 5.82 Å². The largest absolute Gasteiger partial charge is 0.507 e. The van der Waals surface area contributed by atoms with E-state index in [4.69, 9.17) is 0 Å². The van der Waals surface area contributed by atoms with Crippen LogP contribution >= 0.6 is 15.9 Å². The summed E-state index contributed by atoms with van der Waals surface area (Å²) in [6.45, 7) is 1.84. The topological polar surface area (TPSA) is 61.7 Å². The Hall–Kier alpha value is -2.21. The van der Waals surface area contributed by atoms with Gasteiger partial charge in [0, 0.05) is 10.0 Å². The van der Waals surface area contributed by atoms with Crippen LogP contribution < -0.4 is 5.43 Å². The quantitative estimate of drug-likeness (QED) is 0.639. The number of hydrogen-bond donors (Lipinski definition) is 2. The molecular weight excluding hydrogens is 351 g/mol. The van der Waals surface area contributed by atoms with Crippen molar-refractivity contribution in [2.24, 2.45) is 5.10 Å². The Morgan fingerprint density at radius 3 is 2.68 bits per heavy atom. The summed E-state index contributed by atoms with van der Waals surface area (Å²) in [6.07, 6.45) is 0.488. The van der Waals surface area contributed by atoms with Crippen LogP contribution in [0.15, 0.2) is 52.0 Å². The van der Waals surface area contributed by atoms with E-state index in [2.05, 4.69) is 26.5 Å². The lowest BCUT2D eigenvalue weighted by Gasteiger charge is -2.08. The van der Waals surface area contributed by atoms with Crippen molar-refractivity contribution in [2.75, 3.05) is 0 Å². The molecule has 0 atom stereocenters. The molecule has 22 heavy (non-hydrogen) atoms. The standard InChI is InChI=1S/C16H14BrFN2O2/c1-2-14(12-9-10(17)7-8-15(12)21)19-20-16(22)11-5-3-4-6-13(11)18/h3-9,21H,2H2,1H3,(H,20,22)/b19-14+. The van der Waals surface area contributed by atoms with Gasteiger partial charge in [-0.3, -0.25) is 4.79 Å². The third-order valence-corrected chi connectivity index (χ3v) is 3.51. The maximum Gasteiger partial charge on any atom is 0.274 e. The van der Waals surface area contributed by atoms with Gasteiger partial charge in [-0.25, -0.2) is 9.82 Å². The molecule has 0 fully saturated rings. The van der Waals surface area contributed by atoms with Gasteiger partial charge in [-0.2, -0.15) is 5.10 Å². The first-order chi connectivity index (χ1) is 10.5. The van der Waals surface area contributed by atoms with Crippen LogP contribution in [-0.4, -0.2) is 16.7 Å². The first-order valence-corrected chi connectivity index (χ1v) is 7.42. The van der Waals surface area contributed by atoms with Crippen molar-refractivity contribution in [3.8, 4) is 5.75 Å². The molecule has 0 aliphatic rings. The van der Waals surface area contributed by atoms with Gasteiger partial charge < -0.3 is 5.11 Å². The minimum absolute atomic E-state index is 0.0592. The maximum atomic E-state index is 13.5. The monoisotopic (exact) mass is 364 g/mol. The van der Waals surface area contributed by atoms with E-state index in [0.717, 1.165) is 4.47 Å². The molecule has 2 N–H and O–H groups in total. The summed E-state index contributed by atoms with van der Waals surface area (Å²) in [5.74, 6) is -1.19. The van der Waals surface area contributed by atoms with Gasteiger partial charge in [-0.15, -0.1) is 0 Å². The average Bonchev–Trinajstić information content (AvgIpc) is 2.51. The van der Waals surface area contributed by atoms with E-state index in [0.29, 0.717) is 17.7 Å². The van der Waals surface area contributed by atoms with E-state index in [9.17, 15) is 14.3 Å². The predicted octanol–water partition coefficient (Wildman–Crippen LogP) is 3.84. The van der Waals surface area contributed by atoms with Crippen LogP contribution in [0.3, 0.4) is 0 Å². The second kappa shape index (κ2) is 7.17. The summed E-state index contributed by atoms with van der Waals surface area (Å²) in [5, 5.41) is 13.9. The highest BCUT2D eigenvalue weighted by Gasteiger charge is 2.12. The molecule has 0 unspecified atom stereocenters. The number of rotatable bonds is 4. The van der Waals surface area contributed by atoms with E-state index >= 15 is 0 Å². The smallest absolute Gasteiger partial charge is 0.274 e. The number of benzene rings is 2. The first-order valence-electron chi connectivity index (χ1n) is 6.63. The zero-order chi connectivity index (χ0) is 16.1. The molecule has 2 aromatic rings. The van der Waals surface area contributed by atoms with Crippen molar-refractivity contribution in [3.63, 3.8) is 0 Å². The summed E-state index contributed by atoms with van der Waals surface area (Å²) in [7, 11) is 0. The van der Waals surface area contributed by atoms with Gasteiger partial charge in [-0.1, -0.05) is 35.0 Å². The van der Waals surface area contributed by atoms with E-state index in [1.165, 1.54) is 24.3 Å². The van der Waals surface area contributed by atoms with E-state index in [1.54, 1.807) is 18.2 Å². The van der Waals surface area contributed by atoms with Crippen LogP contribution in [-0.2, 0) is 0 Å². The molecule has 1 amide bonds. The Morgan fingerprint density at radius 2 is 2.00 bits per heavy atom. The number of carbonyl (C=O) groups excluding carboxylic acids is 1. The Labute approximate surface area is 135 Å². The predicted molar refractivity (Wildman–Crippen MR) is 86.5 cm³/mol. The molecule has 0 radical (unpaired) electrons. The first kappa shape index (κ1) is 16.2. The molecule has 2 aromatic carbocycles. The van der Waals surface area contributed by atoms with Gasteiger partial charge in [-0.05, 0) is 36.8 Å². The van der Waals surface area contributed by atoms with Crippen LogP contribution in [0.25, 0.3) is 0 Å². The number of phenolic OH excluding ortho intramolecular Hbond substituents is 1. The molecule has 0 saturated carbocycles. The molecule has 0 bridgehead atoms. The van der Waals surface area contributed by atoms with Gasteiger partial charge in [0.2, 0.25) is 0 Å². The number of hydrazone groups is 1.